The normalized spacial score (nSPS) is 20.4. The number of nitrogens with zero attached hydrogens (tertiary/aromatic N) is 2. The minimum Gasteiger partial charge on any atom is -0.274 e. The van der Waals surface area contributed by atoms with Gasteiger partial charge in [-0.1, -0.05) is 69.4 Å². The number of amides is 2. The van der Waals surface area contributed by atoms with Crippen LogP contribution in [0, 0.1) is 6.92 Å². The maximum absolute atomic E-state index is 13.9. The van der Waals surface area contributed by atoms with Crippen LogP contribution in [-0.2, 0) is 19.6 Å². The van der Waals surface area contributed by atoms with Gasteiger partial charge in [0.2, 0.25) is 15.9 Å². The first-order valence-corrected chi connectivity index (χ1v) is 13.7. The van der Waals surface area contributed by atoms with Crippen LogP contribution in [0.1, 0.15) is 75.8 Å². The molecule has 2 aromatic rings. The van der Waals surface area contributed by atoms with Crippen LogP contribution in [0.3, 0.4) is 0 Å². The van der Waals surface area contributed by atoms with Gasteiger partial charge in [-0.2, -0.15) is 4.31 Å². The highest BCUT2D eigenvalue weighted by Gasteiger charge is 2.49. The van der Waals surface area contributed by atoms with Gasteiger partial charge < -0.3 is 0 Å². The molecule has 2 aromatic carbocycles. The van der Waals surface area contributed by atoms with Gasteiger partial charge in [0.1, 0.15) is 6.04 Å². The van der Waals surface area contributed by atoms with Gasteiger partial charge in [-0.3, -0.25) is 9.59 Å². The second-order valence-electron chi connectivity index (χ2n) is 9.83. The van der Waals surface area contributed by atoms with Gasteiger partial charge >= 0.3 is 0 Å². The van der Waals surface area contributed by atoms with Crippen molar-refractivity contribution < 1.29 is 18.0 Å². The Morgan fingerprint density at radius 2 is 1.47 bits per heavy atom. The van der Waals surface area contributed by atoms with E-state index in [0.717, 1.165) is 36.8 Å². The van der Waals surface area contributed by atoms with Crippen LogP contribution in [0.4, 0.5) is 5.69 Å². The van der Waals surface area contributed by atoms with Gasteiger partial charge in [0.05, 0.1) is 17.0 Å². The highest BCUT2D eigenvalue weighted by Crippen LogP contribution is 2.35. The summed E-state index contributed by atoms with van der Waals surface area (Å²) in [6, 6.07) is 12.8. The maximum atomic E-state index is 13.9. The summed E-state index contributed by atoms with van der Waals surface area (Å²) in [7, 11) is -3.96. The van der Waals surface area contributed by atoms with Crippen LogP contribution in [0.2, 0.25) is 0 Å². The Bertz CT molecular complexity index is 1130. The van der Waals surface area contributed by atoms with Crippen molar-refractivity contribution in [3.63, 3.8) is 0 Å². The van der Waals surface area contributed by atoms with Crippen molar-refractivity contribution in [2.75, 3.05) is 4.90 Å². The summed E-state index contributed by atoms with van der Waals surface area (Å²) in [5.74, 6) is -0.482. The van der Waals surface area contributed by atoms with Crippen LogP contribution in [0.25, 0.3) is 0 Å². The monoisotopic (exact) mass is 482 g/mol. The van der Waals surface area contributed by atoms with Crippen molar-refractivity contribution in [2.24, 2.45) is 0 Å². The first kappa shape index (κ1) is 24.6. The Morgan fingerprint density at radius 1 is 0.882 bits per heavy atom. The number of carbonyl (C=O) groups is 2. The zero-order valence-electron chi connectivity index (χ0n) is 20.2. The summed E-state index contributed by atoms with van der Waals surface area (Å²) in [6.07, 6.45) is 5.21. The van der Waals surface area contributed by atoms with E-state index in [1.54, 1.807) is 36.4 Å². The van der Waals surface area contributed by atoms with Gasteiger partial charge in [0.15, 0.2) is 0 Å². The van der Waals surface area contributed by atoms with Gasteiger partial charge in [-0.25, -0.2) is 13.3 Å². The predicted molar refractivity (Wildman–Crippen MR) is 133 cm³/mol. The van der Waals surface area contributed by atoms with E-state index in [9.17, 15) is 18.0 Å². The molecule has 0 N–H and O–H groups in total. The van der Waals surface area contributed by atoms with E-state index >= 15 is 0 Å². The molecule has 1 atom stereocenters. The minimum absolute atomic E-state index is 0.133. The molecule has 1 heterocycles. The van der Waals surface area contributed by atoms with Crippen molar-refractivity contribution in [3.8, 4) is 0 Å². The van der Waals surface area contributed by atoms with E-state index < -0.39 is 22.0 Å². The summed E-state index contributed by atoms with van der Waals surface area (Å²) in [5, 5.41) is 0. The van der Waals surface area contributed by atoms with Crippen molar-refractivity contribution in [3.05, 3.63) is 59.7 Å². The van der Waals surface area contributed by atoms with E-state index in [1.807, 2.05) is 19.1 Å². The number of carbonyl (C=O) groups excluding carboxylic acids is 2. The van der Waals surface area contributed by atoms with Crippen molar-refractivity contribution in [1.29, 1.82) is 0 Å². The fourth-order valence-corrected chi connectivity index (χ4v) is 6.88. The summed E-state index contributed by atoms with van der Waals surface area (Å²) in [6.45, 7) is 6.07. The smallest absolute Gasteiger partial charge is 0.252 e. The van der Waals surface area contributed by atoms with Crippen LogP contribution >= 0.6 is 0 Å². The van der Waals surface area contributed by atoms with Gasteiger partial charge in [-0.15, -0.1) is 0 Å². The van der Waals surface area contributed by atoms with Crippen LogP contribution < -0.4 is 4.90 Å². The van der Waals surface area contributed by atoms with Crippen LogP contribution in [0.5, 0.6) is 0 Å². The second-order valence-corrected chi connectivity index (χ2v) is 11.7. The number of aryl methyl sites for hydroxylation is 1. The quantitative estimate of drug-likeness (QED) is 0.421. The second kappa shape index (κ2) is 10.0. The third-order valence-electron chi connectivity index (χ3n) is 7.03. The van der Waals surface area contributed by atoms with E-state index in [2.05, 4.69) is 13.8 Å². The summed E-state index contributed by atoms with van der Waals surface area (Å²) >= 11 is 0. The summed E-state index contributed by atoms with van der Waals surface area (Å²) in [5.41, 5.74) is 2.57. The molecular weight excluding hydrogens is 448 g/mol. The Labute approximate surface area is 203 Å². The largest absolute Gasteiger partial charge is 0.274 e. The summed E-state index contributed by atoms with van der Waals surface area (Å²) in [4.78, 5) is 28.0. The zero-order chi connectivity index (χ0) is 24.5. The van der Waals surface area contributed by atoms with Crippen LogP contribution in [-0.4, -0.2) is 36.6 Å². The van der Waals surface area contributed by atoms with Crippen molar-refractivity contribution in [1.82, 2.24) is 4.31 Å². The van der Waals surface area contributed by atoms with Crippen LogP contribution in [0.15, 0.2) is 53.4 Å². The molecule has 1 aliphatic heterocycles. The molecule has 2 amide bonds. The zero-order valence-corrected chi connectivity index (χ0v) is 21.1. The lowest BCUT2D eigenvalue weighted by Crippen LogP contribution is -2.50. The molecule has 0 bridgehead atoms. The molecule has 182 valence electrons. The molecule has 1 saturated carbocycles. The number of hydrogen-bond donors (Lipinski definition) is 0. The highest BCUT2D eigenvalue weighted by molar-refractivity contribution is 7.89. The molecule has 7 heteroatoms. The molecule has 0 aromatic heterocycles. The molecule has 0 radical (unpaired) electrons. The lowest BCUT2D eigenvalue weighted by atomic mass is 10.0. The number of anilines is 1. The third-order valence-corrected chi connectivity index (χ3v) is 9.00. The third kappa shape index (κ3) is 4.82. The Balaban J connectivity index is 1.71. The van der Waals surface area contributed by atoms with E-state index in [-0.39, 0.29) is 23.3 Å². The van der Waals surface area contributed by atoms with E-state index in [1.165, 1.54) is 9.21 Å². The highest BCUT2D eigenvalue weighted by atomic mass is 32.2. The molecule has 1 saturated heterocycles. The molecule has 1 unspecified atom stereocenters. The average Bonchev–Trinajstić information content (AvgIpc) is 2.96. The van der Waals surface area contributed by atoms with E-state index in [4.69, 9.17) is 0 Å². The topological polar surface area (TPSA) is 74.8 Å². The minimum atomic E-state index is -3.96. The molecule has 6 nitrogen and oxygen atoms in total. The number of benzene rings is 2. The lowest BCUT2D eigenvalue weighted by molar-refractivity contribution is -0.122. The van der Waals surface area contributed by atoms with E-state index in [0.29, 0.717) is 24.4 Å². The van der Waals surface area contributed by atoms with Gasteiger partial charge in [0.25, 0.3) is 5.91 Å². The van der Waals surface area contributed by atoms with Crippen molar-refractivity contribution in [2.45, 2.75) is 88.6 Å². The molecule has 1 aliphatic carbocycles. The molecule has 2 aliphatic rings. The Hall–Kier alpha value is -2.51. The molecular formula is C27H34N2O4S. The number of imide groups is 1. The standard InChI is InChI=1S/C27H34N2O4S/c1-19(2)21-12-14-22(15-13-21)28-26(30)18-25(27(28)31)29(23-8-6-4-5-7-9-23)34(32,33)24-16-10-20(3)11-17-24/h10-17,19,23,25H,4-9,18H2,1-3H3. The number of rotatable bonds is 6. The first-order valence-electron chi connectivity index (χ1n) is 12.3. The molecule has 4 rings (SSSR count). The molecule has 2 fully saturated rings. The van der Waals surface area contributed by atoms with Gasteiger partial charge in [-0.05, 0) is 55.5 Å². The van der Waals surface area contributed by atoms with Gasteiger partial charge in [0, 0.05) is 6.04 Å². The fraction of sp³-hybridized carbons (Fsp3) is 0.481. The fourth-order valence-electron chi connectivity index (χ4n) is 5.06. The SMILES string of the molecule is Cc1ccc(S(=O)(=O)N(C2CCCCCC2)C2CC(=O)N(c3ccc(C(C)C)cc3)C2=O)cc1. The number of hydrogen-bond acceptors (Lipinski definition) is 4. The Morgan fingerprint density at radius 3 is 2.03 bits per heavy atom. The average molecular weight is 483 g/mol. The maximum Gasteiger partial charge on any atom is 0.252 e. The lowest BCUT2D eigenvalue weighted by Gasteiger charge is -2.34. The Kier molecular flexibility index (Phi) is 7.24. The molecule has 34 heavy (non-hydrogen) atoms. The molecule has 0 spiro atoms. The van der Waals surface area contributed by atoms with Crippen molar-refractivity contribution >= 4 is 27.5 Å². The first-order chi connectivity index (χ1) is 16.2. The number of sulfonamides is 1. The summed E-state index contributed by atoms with van der Waals surface area (Å²) < 4.78 is 29.2. The predicted octanol–water partition coefficient (Wildman–Crippen LogP) is 5.16.